The molecule has 96 valence electrons. The summed E-state index contributed by atoms with van der Waals surface area (Å²) in [6.45, 7) is 5.08. The molecule has 0 atom stereocenters. The number of carbonyl (C=O) groups is 1. The van der Waals surface area contributed by atoms with Crippen molar-refractivity contribution in [1.29, 1.82) is 0 Å². The standard InChI is InChI=1S/C14H17NO3/c1-4-18-14(17)13(11(3)16)10(2)15-12-8-6-5-7-9-12/h5-9,16H,4H2,1-3H3/b13-11-,15-10?. The topological polar surface area (TPSA) is 58.9 Å². The second-order valence-corrected chi connectivity index (χ2v) is 3.71. The summed E-state index contributed by atoms with van der Waals surface area (Å²) in [5.41, 5.74) is 1.26. The van der Waals surface area contributed by atoms with Crippen molar-refractivity contribution >= 4 is 17.4 Å². The molecule has 0 unspecified atom stereocenters. The number of hydrogen-bond acceptors (Lipinski definition) is 4. The smallest absolute Gasteiger partial charge is 0.343 e. The van der Waals surface area contributed by atoms with Gasteiger partial charge >= 0.3 is 5.97 Å². The number of aliphatic hydroxyl groups excluding tert-OH is 1. The van der Waals surface area contributed by atoms with Crippen molar-refractivity contribution in [3.05, 3.63) is 41.7 Å². The molecule has 0 bridgehead atoms. The van der Waals surface area contributed by atoms with Crippen molar-refractivity contribution in [1.82, 2.24) is 0 Å². The van der Waals surface area contributed by atoms with Crippen LogP contribution in [0.2, 0.25) is 0 Å². The molecule has 0 saturated heterocycles. The van der Waals surface area contributed by atoms with Gasteiger partial charge in [-0.25, -0.2) is 4.79 Å². The molecule has 0 spiro atoms. The van der Waals surface area contributed by atoms with E-state index in [0.717, 1.165) is 5.69 Å². The van der Waals surface area contributed by atoms with Gasteiger partial charge in [0.15, 0.2) is 0 Å². The lowest BCUT2D eigenvalue weighted by molar-refractivity contribution is -0.138. The van der Waals surface area contributed by atoms with E-state index in [-0.39, 0.29) is 17.9 Å². The summed E-state index contributed by atoms with van der Waals surface area (Å²) < 4.78 is 4.89. The number of aliphatic hydroxyl groups is 1. The van der Waals surface area contributed by atoms with Gasteiger partial charge in [-0.3, -0.25) is 4.99 Å². The summed E-state index contributed by atoms with van der Waals surface area (Å²) in [4.78, 5) is 16.0. The monoisotopic (exact) mass is 247 g/mol. The van der Waals surface area contributed by atoms with Gasteiger partial charge in [-0.15, -0.1) is 0 Å². The molecule has 0 aliphatic rings. The predicted molar refractivity (Wildman–Crippen MR) is 71.2 cm³/mol. The van der Waals surface area contributed by atoms with Crippen LogP contribution in [0.15, 0.2) is 46.7 Å². The van der Waals surface area contributed by atoms with Crippen LogP contribution < -0.4 is 0 Å². The van der Waals surface area contributed by atoms with E-state index in [1.165, 1.54) is 6.92 Å². The third kappa shape index (κ3) is 3.73. The van der Waals surface area contributed by atoms with Crippen LogP contribution in [0.3, 0.4) is 0 Å². The van der Waals surface area contributed by atoms with Crippen molar-refractivity contribution < 1.29 is 14.6 Å². The first-order valence-corrected chi connectivity index (χ1v) is 5.74. The first-order chi connectivity index (χ1) is 8.56. The van der Waals surface area contributed by atoms with Crippen molar-refractivity contribution in [3.63, 3.8) is 0 Å². The second-order valence-electron chi connectivity index (χ2n) is 3.71. The largest absolute Gasteiger partial charge is 0.512 e. The van der Waals surface area contributed by atoms with Crippen molar-refractivity contribution in [2.24, 2.45) is 4.99 Å². The number of nitrogens with zero attached hydrogens (tertiary/aromatic N) is 1. The number of allylic oxidation sites excluding steroid dienone is 1. The molecule has 4 heteroatoms. The fraction of sp³-hybridized carbons (Fsp3) is 0.286. The Morgan fingerprint density at radius 2 is 1.89 bits per heavy atom. The lowest BCUT2D eigenvalue weighted by atomic mass is 10.1. The minimum absolute atomic E-state index is 0.0920. The van der Waals surface area contributed by atoms with Gasteiger partial charge in [0.1, 0.15) is 11.3 Å². The number of para-hydroxylation sites is 1. The van der Waals surface area contributed by atoms with Crippen molar-refractivity contribution in [2.75, 3.05) is 6.61 Å². The molecule has 0 heterocycles. The fourth-order valence-electron chi connectivity index (χ4n) is 1.51. The van der Waals surface area contributed by atoms with E-state index in [0.29, 0.717) is 5.71 Å². The maximum absolute atomic E-state index is 11.7. The molecule has 1 aromatic carbocycles. The zero-order valence-corrected chi connectivity index (χ0v) is 10.8. The molecular weight excluding hydrogens is 230 g/mol. The van der Waals surface area contributed by atoms with E-state index < -0.39 is 5.97 Å². The van der Waals surface area contributed by atoms with Crippen LogP contribution in [0.1, 0.15) is 20.8 Å². The highest BCUT2D eigenvalue weighted by Crippen LogP contribution is 2.15. The Labute approximate surface area is 107 Å². The summed E-state index contributed by atoms with van der Waals surface area (Å²) in [7, 11) is 0. The molecule has 0 aliphatic heterocycles. The molecule has 0 aromatic heterocycles. The molecule has 0 saturated carbocycles. The third-order valence-electron chi connectivity index (χ3n) is 2.26. The molecule has 1 rings (SSSR count). The quantitative estimate of drug-likeness (QED) is 0.385. The van der Waals surface area contributed by atoms with Gasteiger partial charge in [0.2, 0.25) is 0 Å². The maximum atomic E-state index is 11.7. The Kier molecular flexibility index (Phi) is 5.11. The first-order valence-electron chi connectivity index (χ1n) is 5.74. The molecule has 4 nitrogen and oxygen atoms in total. The van der Waals surface area contributed by atoms with Gasteiger partial charge in [-0.2, -0.15) is 0 Å². The van der Waals surface area contributed by atoms with Crippen LogP contribution in [0, 0.1) is 0 Å². The van der Waals surface area contributed by atoms with Gasteiger partial charge in [-0.05, 0) is 32.9 Å². The Morgan fingerprint density at radius 3 is 2.39 bits per heavy atom. The predicted octanol–water partition coefficient (Wildman–Crippen LogP) is 3.17. The van der Waals surface area contributed by atoms with Gasteiger partial charge in [-0.1, -0.05) is 18.2 Å². The Balaban J connectivity index is 3.06. The van der Waals surface area contributed by atoms with Crippen LogP contribution in [-0.2, 0) is 9.53 Å². The molecule has 18 heavy (non-hydrogen) atoms. The van der Waals surface area contributed by atoms with E-state index in [4.69, 9.17) is 4.74 Å². The lowest BCUT2D eigenvalue weighted by Crippen LogP contribution is -2.15. The number of aliphatic imine (C=N–C) groups is 1. The van der Waals surface area contributed by atoms with Crippen LogP contribution in [0.5, 0.6) is 0 Å². The molecular formula is C14H17NO3. The number of rotatable bonds is 4. The molecule has 0 fully saturated rings. The number of hydrogen-bond donors (Lipinski definition) is 1. The average molecular weight is 247 g/mol. The zero-order valence-electron chi connectivity index (χ0n) is 10.8. The SMILES string of the molecule is CCOC(=O)/C(C(C)=Nc1ccccc1)=C(/C)O. The highest BCUT2D eigenvalue weighted by atomic mass is 16.5. The van der Waals surface area contributed by atoms with Crippen LogP contribution in [0.25, 0.3) is 0 Å². The normalized spacial score (nSPS) is 12.9. The van der Waals surface area contributed by atoms with Crippen molar-refractivity contribution in [2.45, 2.75) is 20.8 Å². The van der Waals surface area contributed by atoms with E-state index >= 15 is 0 Å². The Morgan fingerprint density at radius 1 is 1.28 bits per heavy atom. The number of carbonyl (C=O) groups excluding carboxylic acids is 1. The maximum Gasteiger partial charge on any atom is 0.343 e. The first kappa shape index (κ1) is 14.0. The minimum Gasteiger partial charge on any atom is -0.512 e. The van der Waals surface area contributed by atoms with Crippen LogP contribution in [0.4, 0.5) is 5.69 Å². The summed E-state index contributed by atoms with van der Waals surface area (Å²) in [5, 5.41) is 9.56. The Hall–Kier alpha value is -2.10. The number of ether oxygens (including phenoxy) is 1. The lowest BCUT2D eigenvalue weighted by Gasteiger charge is -2.07. The van der Waals surface area contributed by atoms with Gasteiger partial charge in [0.05, 0.1) is 18.0 Å². The summed E-state index contributed by atoms with van der Waals surface area (Å²) >= 11 is 0. The molecule has 0 amide bonds. The van der Waals surface area contributed by atoms with E-state index in [9.17, 15) is 9.90 Å². The van der Waals surface area contributed by atoms with Gasteiger partial charge in [0, 0.05) is 0 Å². The summed E-state index contributed by atoms with van der Waals surface area (Å²) in [6.07, 6.45) is 0. The van der Waals surface area contributed by atoms with Gasteiger partial charge in [0.25, 0.3) is 0 Å². The third-order valence-corrected chi connectivity index (χ3v) is 2.26. The van der Waals surface area contributed by atoms with Crippen molar-refractivity contribution in [3.8, 4) is 0 Å². The molecule has 1 N–H and O–H groups in total. The number of esters is 1. The highest BCUT2D eigenvalue weighted by molar-refractivity contribution is 6.19. The van der Waals surface area contributed by atoms with E-state index in [1.54, 1.807) is 13.8 Å². The molecule has 0 aliphatic carbocycles. The van der Waals surface area contributed by atoms with Crippen LogP contribution >= 0.6 is 0 Å². The minimum atomic E-state index is -0.560. The highest BCUT2D eigenvalue weighted by Gasteiger charge is 2.17. The summed E-state index contributed by atoms with van der Waals surface area (Å²) in [5.74, 6) is -0.652. The fourth-order valence-corrected chi connectivity index (χ4v) is 1.51. The van der Waals surface area contributed by atoms with E-state index in [2.05, 4.69) is 4.99 Å². The van der Waals surface area contributed by atoms with E-state index in [1.807, 2.05) is 30.3 Å². The second kappa shape index (κ2) is 6.59. The van der Waals surface area contributed by atoms with Gasteiger partial charge < -0.3 is 9.84 Å². The zero-order chi connectivity index (χ0) is 13.5. The molecule has 0 radical (unpaired) electrons. The average Bonchev–Trinajstić information content (AvgIpc) is 2.30. The molecule has 1 aromatic rings. The number of benzene rings is 1. The summed E-state index contributed by atoms with van der Waals surface area (Å²) in [6, 6.07) is 9.23. The Bertz CT molecular complexity index is 471. The van der Waals surface area contributed by atoms with Crippen LogP contribution in [-0.4, -0.2) is 23.4 Å².